The van der Waals surface area contributed by atoms with Crippen LogP contribution in [0.15, 0.2) is 0 Å². The minimum atomic E-state index is -0.0434. The quantitative estimate of drug-likeness (QED) is 0.647. The number of hydrogen-bond acceptors (Lipinski definition) is 3. The summed E-state index contributed by atoms with van der Waals surface area (Å²) in [6.45, 7) is 5.62. The lowest BCUT2D eigenvalue weighted by atomic mass is 9.95. The number of aliphatic hydroxyl groups excluding tert-OH is 1. The van der Waals surface area contributed by atoms with Crippen molar-refractivity contribution in [2.75, 3.05) is 19.6 Å². The molecule has 2 N–H and O–H groups in total. The maximum atomic E-state index is 9.45. The fraction of sp³-hybridized carbons (Fsp3) is 1.00. The van der Waals surface area contributed by atoms with Gasteiger partial charge in [-0.3, -0.25) is 4.90 Å². The van der Waals surface area contributed by atoms with Gasteiger partial charge in [0.1, 0.15) is 0 Å². The molecule has 0 amide bonds. The summed E-state index contributed by atoms with van der Waals surface area (Å²) in [7, 11) is 0. The number of nitrogens with one attached hydrogen (secondary N) is 1. The van der Waals surface area contributed by atoms with Gasteiger partial charge in [0.2, 0.25) is 0 Å². The van der Waals surface area contributed by atoms with Crippen LogP contribution >= 0.6 is 0 Å². The summed E-state index contributed by atoms with van der Waals surface area (Å²) in [5.41, 5.74) is 0. The highest BCUT2D eigenvalue weighted by molar-refractivity contribution is 4.87. The van der Waals surface area contributed by atoms with E-state index in [1.54, 1.807) is 0 Å². The molecular formula is C11H22N2O. The van der Waals surface area contributed by atoms with E-state index in [0.29, 0.717) is 12.1 Å². The monoisotopic (exact) mass is 198 g/mol. The van der Waals surface area contributed by atoms with E-state index >= 15 is 0 Å². The second kappa shape index (κ2) is 4.60. The lowest BCUT2D eigenvalue weighted by molar-refractivity contribution is 0.0429. The second-order valence-electron chi connectivity index (χ2n) is 4.72. The van der Waals surface area contributed by atoms with E-state index in [2.05, 4.69) is 17.1 Å². The molecule has 2 aliphatic rings. The van der Waals surface area contributed by atoms with Gasteiger partial charge in [-0.2, -0.15) is 0 Å². The van der Waals surface area contributed by atoms with Crippen molar-refractivity contribution >= 4 is 0 Å². The van der Waals surface area contributed by atoms with Gasteiger partial charge in [0.05, 0.1) is 6.10 Å². The van der Waals surface area contributed by atoms with Crippen molar-refractivity contribution in [3.63, 3.8) is 0 Å². The highest BCUT2D eigenvalue weighted by atomic mass is 16.3. The number of likely N-dealkylation sites (tertiary alicyclic amines) is 1. The summed E-state index contributed by atoms with van der Waals surface area (Å²) < 4.78 is 0. The van der Waals surface area contributed by atoms with Gasteiger partial charge in [0.25, 0.3) is 0 Å². The standard InChI is InChI=1S/C11H22N2O/c1-9-11(3-2-6-12-9)13-7-4-10(14)5-8-13/h9-12,14H,2-8H2,1H3. The molecule has 2 aliphatic heterocycles. The summed E-state index contributed by atoms with van der Waals surface area (Å²) in [5.74, 6) is 0. The number of hydrogen-bond donors (Lipinski definition) is 2. The fourth-order valence-corrected chi connectivity index (χ4v) is 2.74. The van der Waals surface area contributed by atoms with Crippen molar-refractivity contribution in [1.29, 1.82) is 0 Å². The number of rotatable bonds is 1. The van der Waals surface area contributed by atoms with Gasteiger partial charge in [-0.1, -0.05) is 0 Å². The van der Waals surface area contributed by atoms with E-state index in [1.165, 1.54) is 19.4 Å². The zero-order chi connectivity index (χ0) is 9.97. The smallest absolute Gasteiger partial charge is 0.0564 e. The van der Waals surface area contributed by atoms with Gasteiger partial charge in [0, 0.05) is 25.2 Å². The molecule has 3 heteroatoms. The molecule has 2 saturated heterocycles. The first-order valence-electron chi connectivity index (χ1n) is 5.93. The van der Waals surface area contributed by atoms with Crippen molar-refractivity contribution in [3.05, 3.63) is 0 Å². The zero-order valence-corrected chi connectivity index (χ0v) is 9.08. The predicted molar refractivity (Wildman–Crippen MR) is 57.3 cm³/mol. The average Bonchev–Trinajstić information content (AvgIpc) is 2.20. The van der Waals surface area contributed by atoms with Crippen LogP contribution in [0.3, 0.4) is 0 Å². The third-order valence-electron chi connectivity index (χ3n) is 3.69. The average molecular weight is 198 g/mol. The van der Waals surface area contributed by atoms with E-state index in [4.69, 9.17) is 0 Å². The predicted octanol–water partition coefficient (Wildman–Crippen LogP) is 0.584. The number of piperidine rings is 2. The lowest BCUT2D eigenvalue weighted by Crippen LogP contribution is -2.54. The van der Waals surface area contributed by atoms with Crippen molar-refractivity contribution in [1.82, 2.24) is 10.2 Å². The Hall–Kier alpha value is -0.120. The Morgan fingerprint density at radius 3 is 2.57 bits per heavy atom. The molecule has 0 aromatic heterocycles. The first-order chi connectivity index (χ1) is 6.77. The minimum absolute atomic E-state index is 0.0434. The van der Waals surface area contributed by atoms with Crippen LogP contribution in [-0.2, 0) is 0 Å². The fourth-order valence-electron chi connectivity index (χ4n) is 2.74. The Labute approximate surface area is 86.5 Å². The zero-order valence-electron chi connectivity index (χ0n) is 9.08. The van der Waals surface area contributed by atoms with E-state index in [1.807, 2.05) is 0 Å². The largest absolute Gasteiger partial charge is 0.393 e. The molecule has 0 radical (unpaired) electrons. The molecule has 3 nitrogen and oxygen atoms in total. The van der Waals surface area contributed by atoms with Crippen molar-refractivity contribution in [2.45, 2.75) is 50.8 Å². The Balaban J connectivity index is 1.87. The van der Waals surface area contributed by atoms with Gasteiger partial charge in [-0.25, -0.2) is 0 Å². The Bertz CT molecular complexity index is 178. The molecule has 0 aromatic rings. The molecular weight excluding hydrogens is 176 g/mol. The normalized spacial score (nSPS) is 37.3. The molecule has 2 unspecified atom stereocenters. The molecule has 2 heterocycles. The second-order valence-corrected chi connectivity index (χ2v) is 4.72. The minimum Gasteiger partial charge on any atom is -0.393 e. The maximum absolute atomic E-state index is 9.45. The molecule has 0 aliphatic carbocycles. The third kappa shape index (κ3) is 2.27. The molecule has 14 heavy (non-hydrogen) atoms. The van der Waals surface area contributed by atoms with E-state index in [0.717, 1.165) is 25.9 Å². The first kappa shape index (κ1) is 10.4. The van der Waals surface area contributed by atoms with Crippen molar-refractivity contribution in [2.24, 2.45) is 0 Å². The van der Waals surface area contributed by atoms with Gasteiger partial charge >= 0.3 is 0 Å². The summed E-state index contributed by atoms with van der Waals surface area (Å²) in [5, 5.41) is 13.0. The highest BCUT2D eigenvalue weighted by Crippen LogP contribution is 2.20. The highest BCUT2D eigenvalue weighted by Gasteiger charge is 2.29. The van der Waals surface area contributed by atoms with Crippen LogP contribution in [-0.4, -0.2) is 47.8 Å². The maximum Gasteiger partial charge on any atom is 0.0564 e. The topological polar surface area (TPSA) is 35.5 Å². The van der Waals surface area contributed by atoms with Crippen LogP contribution in [0.1, 0.15) is 32.6 Å². The molecule has 2 fully saturated rings. The van der Waals surface area contributed by atoms with E-state index in [-0.39, 0.29) is 6.10 Å². The van der Waals surface area contributed by atoms with Crippen LogP contribution in [0.4, 0.5) is 0 Å². The Kier molecular flexibility index (Phi) is 3.42. The molecule has 2 atom stereocenters. The summed E-state index contributed by atoms with van der Waals surface area (Å²) in [4.78, 5) is 2.56. The summed E-state index contributed by atoms with van der Waals surface area (Å²) in [6, 6.07) is 1.33. The van der Waals surface area contributed by atoms with Crippen LogP contribution in [0.5, 0.6) is 0 Å². The molecule has 0 aromatic carbocycles. The van der Waals surface area contributed by atoms with Crippen LogP contribution in [0, 0.1) is 0 Å². The van der Waals surface area contributed by atoms with E-state index < -0.39 is 0 Å². The van der Waals surface area contributed by atoms with Crippen molar-refractivity contribution < 1.29 is 5.11 Å². The first-order valence-corrected chi connectivity index (χ1v) is 5.93. The Morgan fingerprint density at radius 1 is 1.21 bits per heavy atom. The third-order valence-corrected chi connectivity index (χ3v) is 3.69. The van der Waals surface area contributed by atoms with Crippen LogP contribution < -0.4 is 5.32 Å². The molecule has 0 saturated carbocycles. The molecule has 0 bridgehead atoms. The molecule has 2 rings (SSSR count). The van der Waals surface area contributed by atoms with E-state index in [9.17, 15) is 5.11 Å². The van der Waals surface area contributed by atoms with Gasteiger partial charge in [-0.15, -0.1) is 0 Å². The van der Waals surface area contributed by atoms with Gasteiger partial charge in [-0.05, 0) is 39.2 Å². The summed E-state index contributed by atoms with van der Waals surface area (Å²) in [6.07, 6.45) is 4.50. The Morgan fingerprint density at radius 2 is 1.93 bits per heavy atom. The number of aliphatic hydroxyl groups is 1. The molecule has 0 spiro atoms. The SMILES string of the molecule is CC1NCCCC1N1CCC(O)CC1. The summed E-state index contributed by atoms with van der Waals surface area (Å²) >= 11 is 0. The van der Waals surface area contributed by atoms with Crippen molar-refractivity contribution in [3.8, 4) is 0 Å². The van der Waals surface area contributed by atoms with Gasteiger partial charge in [0.15, 0.2) is 0 Å². The van der Waals surface area contributed by atoms with Crippen LogP contribution in [0.25, 0.3) is 0 Å². The lowest BCUT2D eigenvalue weighted by Gasteiger charge is -2.41. The van der Waals surface area contributed by atoms with Crippen LogP contribution in [0.2, 0.25) is 0 Å². The van der Waals surface area contributed by atoms with Gasteiger partial charge < -0.3 is 10.4 Å². The number of nitrogens with zero attached hydrogens (tertiary/aromatic N) is 1. The molecule has 82 valence electrons.